The summed E-state index contributed by atoms with van der Waals surface area (Å²) in [6.45, 7) is 0. The number of para-hydroxylation sites is 1. The fourth-order valence-corrected chi connectivity index (χ4v) is 1.71. The van der Waals surface area contributed by atoms with Gasteiger partial charge in [-0.3, -0.25) is 9.36 Å². The van der Waals surface area contributed by atoms with Gasteiger partial charge in [0.1, 0.15) is 0 Å². The van der Waals surface area contributed by atoms with E-state index in [4.69, 9.17) is 0 Å². The van der Waals surface area contributed by atoms with Crippen LogP contribution in [0, 0.1) is 3.57 Å². The van der Waals surface area contributed by atoms with Gasteiger partial charge in [-0.05, 0) is 40.8 Å². The van der Waals surface area contributed by atoms with Gasteiger partial charge in [0, 0.05) is 21.5 Å². The molecule has 0 aliphatic heterocycles. The summed E-state index contributed by atoms with van der Waals surface area (Å²) in [5.74, 6) is 0. The number of nitrogens with zero attached hydrogens (tertiary/aromatic N) is 1. The number of hydrogen-bond acceptors (Lipinski definition) is 1. The lowest BCUT2D eigenvalue weighted by molar-refractivity contribution is 0.983. The molecule has 0 saturated heterocycles. The van der Waals surface area contributed by atoms with Crippen LogP contribution in [0.2, 0.25) is 0 Å². The molecule has 2 rings (SSSR count). The number of aromatic nitrogens is 1. The standard InChI is InChI=1S/C11H8INO/c12-9-6-7-11(14)13(8-9)10-4-2-1-3-5-10/h1-8H. The van der Waals surface area contributed by atoms with Gasteiger partial charge in [-0.2, -0.15) is 0 Å². The molecule has 0 saturated carbocycles. The predicted molar refractivity (Wildman–Crippen MR) is 64.8 cm³/mol. The molecule has 0 spiro atoms. The Morgan fingerprint density at radius 1 is 1.00 bits per heavy atom. The highest BCUT2D eigenvalue weighted by Gasteiger charge is 1.98. The van der Waals surface area contributed by atoms with Crippen LogP contribution in [0.4, 0.5) is 0 Å². The molecule has 0 radical (unpaired) electrons. The van der Waals surface area contributed by atoms with Gasteiger partial charge in [-0.25, -0.2) is 0 Å². The molecule has 2 nitrogen and oxygen atoms in total. The largest absolute Gasteiger partial charge is 0.283 e. The Kier molecular flexibility index (Phi) is 2.67. The minimum Gasteiger partial charge on any atom is -0.283 e. The average Bonchev–Trinajstić information content (AvgIpc) is 2.23. The monoisotopic (exact) mass is 297 g/mol. The second kappa shape index (κ2) is 3.96. The van der Waals surface area contributed by atoms with E-state index in [9.17, 15) is 4.79 Å². The molecule has 0 fully saturated rings. The molecule has 1 aromatic heterocycles. The van der Waals surface area contributed by atoms with Gasteiger partial charge in [0.25, 0.3) is 5.56 Å². The van der Waals surface area contributed by atoms with E-state index in [0.717, 1.165) is 9.26 Å². The first-order chi connectivity index (χ1) is 6.77. The first-order valence-corrected chi connectivity index (χ1v) is 5.29. The highest BCUT2D eigenvalue weighted by atomic mass is 127. The van der Waals surface area contributed by atoms with E-state index in [1.165, 1.54) is 0 Å². The van der Waals surface area contributed by atoms with E-state index in [0.29, 0.717) is 0 Å². The summed E-state index contributed by atoms with van der Waals surface area (Å²) in [6, 6.07) is 13.0. The van der Waals surface area contributed by atoms with Crippen LogP contribution >= 0.6 is 22.6 Å². The molecular weight excluding hydrogens is 289 g/mol. The normalized spacial score (nSPS) is 10.1. The lowest BCUT2D eigenvalue weighted by Crippen LogP contribution is -2.16. The van der Waals surface area contributed by atoms with Crippen molar-refractivity contribution in [1.82, 2.24) is 4.57 Å². The van der Waals surface area contributed by atoms with E-state index in [2.05, 4.69) is 22.6 Å². The second-order valence-corrected chi connectivity index (χ2v) is 4.14. The number of rotatable bonds is 1. The summed E-state index contributed by atoms with van der Waals surface area (Å²) in [5, 5.41) is 0. The summed E-state index contributed by atoms with van der Waals surface area (Å²) in [4.78, 5) is 11.5. The lowest BCUT2D eigenvalue weighted by atomic mass is 10.3. The van der Waals surface area contributed by atoms with Crippen LogP contribution in [0.5, 0.6) is 0 Å². The zero-order chi connectivity index (χ0) is 9.97. The minimum absolute atomic E-state index is 0.00313. The highest BCUT2D eigenvalue weighted by molar-refractivity contribution is 14.1. The smallest absolute Gasteiger partial charge is 0.255 e. The topological polar surface area (TPSA) is 22.0 Å². The van der Waals surface area contributed by atoms with Gasteiger partial charge in [0.15, 0.2) is 0 Å². The SMILES string of the molecule is O=c1ccc(I)cn1-c1ccccc1. The van der Waals surface area contributed by atoms with Crippen molar-refractivity contribution >= 4 is 22.6 Å². The third-order valence-corrected chi connectivity index (χ3v) is 2.55. The van der Waals surface area contributed by atoms with Gasteiger partial charge in [0.2, 0.25) is 0 Å². The van der Waals surface area contributed by atoms with Gasteiger partial charge in [-0.15, -0.1) is 0 Å². The van der Waals surface area contributed by atoms with Gasteiger partial charge in [-0.1, -0.05) is 18.2 Å². The Morgan fingerprint density at radius 2 is 1.71 bits per heavy atom. The molecule has 2 aromatic rings. The molecule has 0 bridgehead atoms. The zero-order valence-electron chi connectivity index (χ0n) is 7.35. The highest BCUT2D eigenvalue weighted by Crippen LogP contribution is 2.06. The Labute approximate surface area is 95.3 Å². The number of benzene rings is 1. The van der Waals surface area contributed by atoms with Crippen LogP contribution in [0.25, 0.3) is 5.69 Å². The fourth-order valence-electron chi connectivity index (χ4n) is 1.25. The van der Waals surface area contributed by atoms with Gasteiger partial charge >= 0.3 is 0 Å². The molecule has 0 aliphatic carbocycles. The van der Waals surface area contributed by atoms with Crippen LogP contribution in [0.1, 0.15) is 0 Å². The molecule has 14 heavy (non-hydrogen) atoms. The second-order valence-electron chi connectivity index (χ2n) is 2.89. The third-order valence-electron chi connectivity index (χ3n) is 1.91. The average molecular weight is 297 g/mol. The maximum absolute atomic E-state index is 11.5. The van der Waals surface area contributed by atoms with Crippen molar-refractivity contribution in [3.05, 3.63) is 62.6 Å². The van der Waals surface area contributed by atoms with Crippen molar-refractivity contribution in [1.29, 1.82) is 0 Å². The molecular formula is C11H8INO. The van der Waals surface area contributed by atoms with Crippen molar-refractivity contribution in [2.75, 3.05) is 0 Å². The Hall–Kier alpha value is -1.10. The fraction of sp³-hybridized carbons (Fsp3) is 0. The van der Waals surface area contributed by atoms with Gasteiger partial charge in [0.05, 0.1) is 0 Å². The summed E-state index contributed by atoms with van der Waals surface area (Å²) in [7, 11) is 0. The van der Waals surface area contributed by atoms with E-state index in [1.54, 1.807) is 10.6 Å². The third kappa shape index (κ3) is 1.87. The van der Waals surface area contributed by atoms with Crippen molar-refractivity contribution in [3.63, 3.8) is 0 Å². The maximum atomic E-state index is 11.5. The van der Waals surface area contributed by atoms with E-state index < -0.39 is 0 Å². The summed E-state index contributed by atoms with van der Waals surface area (Å²) in [6.07, 6.45) is 1.83. The molecule has 0 unspecified atom stereocenters. The van der Waals surface area contributed by atoms with Crippen molar-refractivity contribution in [2.24, 2.45) is 0 Å². The molecule has 3 heteroatoms. The Morgan fingerprint density at radius 3 is 2.43 bits per heavy atom. The molecule has 0 amide bonds. The molecule has 70 valence electrons. The summed E-state index contributed by atoms with van der Waals surface area (Å²) in [5.41, 5.74) is 0.896. The quantitative estimate of drug-likeness (QED) is 0.741. The van der Waals surface area contributed by atoms with Crippen LogP contribution in [-0.2, 0) is 0 Å². The Bertz CT molecular complexity index is 490. The number of hydrogen-bond donors (Lipinski definition) is 0. The number of halogens is 1. The first-order valence-electron chi connectivity index (χ1n) is 4.21. The molecule has 0 N–H and O–H groups in total. The van der Waals surface area contributed by atoms with Crippen LogP contribution in [0.15, 0.2) is 53.5 Å². The van der Waals surface area contributed by atoms with Crippen molar-refractivity contribution < 1.29 is 0 Å². The molecule has 1 aromatic carbocycles. The molecule has 0 atom stereocenters. The van der Waals surface area contributed by atoms with Crippen molar-refractivity contribution in [2.45, 2.75) is 0 Å². The maximum Gasteiger partial charge on any atom is 0.255 e. The van der Waals surface area contributed by atoms with Crippen molar-refractivity contribution in [3.8, 4) is 5.69 Å². The lowest BCUT2D eigenvalue weighted by Gasteiger charge is -2.04. The molecule has 1 heterocycles. The summed E-state index contributed by atoms with van der Waals surface area (Å²) < 4.78 is 2.69. The minimum atomic E-state index is -0.00313. The van der Waals surface area contributed by atoms with E-state index in [-0.39, 0.29) is 5.56 Å². The number of pyridine rings is 1. The Balaban J connectivity index is 2.63. The van der Waals surface area contributed by atoms with Crippen LogP contribution < -0.4 is 5.56 Å². The van der Waals surface area contributed by atoms with E-state index in [1.807, 2.05) is 42.6 Å². The zero-order valence-corrected chi connectivity index (χ0v) is 9.51. The van der Waals surface area contributed by atoms with E-state index >= 15 is 0 Å². The predicted octanol–water partition coefficient (Wildman–Crippen LogP) is 2.44. The molecule has 0 aliphatic rings. The van der Waals surface area contributed by atoms with Crippen LogP contribution in [-0.4, -0.2) is 4.57 Å². The van der Waals surface area contributed by atoms with Crippen LogP contribution in [0.3, 0.4) is 0 Å². The first kappa shape index (κ1) is 9.45. The van der Waals surface area contributed by atoms with Gasteiger partial charge < -0.3 is 0 Å². The summed E-state index contributed by atoms with van der Waals surface area (Å²) >= 11 is 2.19.